The number of hydrogen-bond donors (Lipinski definition) is 2. The minimum absolute atomic E-state index is 0.0463. The van der Waals surface area contributed by atoms with Crippen LogP contribution in [0.4, 0.5) is 0 Å². The SMILES string of the molecule is NC1=C(O)CCC1=O. The molecule has 1 aliphatic carbocycles. The highest BCUT2D eigenvalue weighted by Crippen LogP contribution is 2.15. The molecule has 0 heterocycles. The fourth-order valence-electron chi connectivity index (χ4n) is 0.662. The van der Waals surface area contributed by atoms with Crippen LogP contribution in [0.3, 0.4) is 0 Å². The van der Waals surface area contributed by atoms with Gasteiger partial charge in [-0.2, -0.15) is 0 Å². The first-order chi connectivity index (χ1) is 3.72. The van der Waals surface area contributed by atoms with E-state index in [0.29, 0.717) is 12.8 Å². The molecule has 0 unspecified atom stereocenters. The highest BCUT2D eigenvalue weighted by Gasteiger charge is 2.18. The topological polar surface area (TPSA) is 63.3 Å². The van der Waals surface area contributed by atoms with E-state index in [0.717, 1.165) is 0 Å². The van der Waals surface area contributed by atoms with Crippen molar-refractivity contribution in [2.24, 2.45) is 5.73 Å². The van der Waals surface area contributed by atoms with Gasteiger partial charge in [-0.25, -0.2) is 0 Å². The molecule has 1 rings (SSSR count). The standard InChI is InChI=1S/C5H7NO2/c6-5-3(7)1-2-4(5)8/h7H,1-2,6H2. The molecule has 44 valence electrons. The monoisotopic (exact) mass is 113 g/mol. The number of rotatable bonds is 0. The van der Waals surface area contributed by atoms with Gasteiger partial charge in [0.05, 0.1) is 0 Å². The second-order valence-corrected chi connectivity index (χ2v) is 1.78. The lowest BCUT2D eigenvalue weighted by Gasteiger charge is -1.86. The Balaban J connectivity index is 2.86. The normalized spacial score (nSPS) is 20.2. The molecule has 0 amide bonds. The van der Waals surface area contributed by atoms with Crippen molar-refractivity contribution in [1.82, 2.24) is 0 Å². The number of allylic oxidation sites excluding steroid dienone is 2. The Kier molecular flexibility index (Phi) is 0.970. The summed E-state index contributed by atoms with van der Waals surface area (Å²) in [7, 11) is 0. The average Bonchev–Trinajstić information content (AvgIpc) is 1.98. The molecule has 0 saturated heterocycles. The van der Waals surface area contributed by atoms with E-state index in [1.165, 1.54) is 0 Å². The summed E-state index contributed by atoms with van der Waals surface area (Å²) in [5, 5.41) is 8.70. The van der Waals surface area contributed by atoms with Gasteiger partial charge in [0.2, 0.25) is 0 Å². The van der Waals surface area contributed by atoms with Crippen molar-refractivity contribution in [3.63, 3.8) is 0 Å². The molecule has 0 aromatic heterocycles. The Hall–Kier alpha value is -0.990. The first-order valence-corrected chi connectivity index (χ1v) is 2.42. The zero-order chi connectivity index (χ0) is 6.15. The zero-order valence-electron chi connectivity index (χ0n) is 4.35. The number of Topliss-reactive ketones (excluding diaryl/α,β-unsaturated/α-hetero) is 1. The summed E-state index contributed by atoms with van der Waals surface area (Å²) < 4.78 is 0. The fraction of sp³-hybridized carbons (Fsp3) is 0.400. The molecule has 1 aliphatic rings. The number of nitrogens with two attached hydrogens (primary N) is 1. The number of ketones is 1. The maximum absolute atomic E-state index is 10.4. The Labute approximate surface area is 46.8 Å². The van der Waals surface area contributed by atoms with Crippen LogP contribution in [0.5, 0.6) is 0 Å². The molecule has 0 aromatic carbocycles. The number of carbonyl (C=O) groups excluding carboxylic acids is 1. The van der Waals surface area contributed by atoms with Crippen LogP contribution in [0.1, 0.15) is 12.8 Å². The molecule has 0 radical (unpaired) electrons. The van der Waals surface area contributed by atoms with E-state index in [2.05, 4.69) is 0 Å². The first kappa shape index (κ1) is 5.15. The van der Waals surface area contributed by atoms with Gasteiger partial charge in [-0.15, -0.1) is 0 Å². The van der Waals surface area contributed by atoms with Crippen LogP contribution >= 0.6 is 0 Å². The summed E-state index contributed by atoms with van der Waals surface area (Å²) in [4.78, 5) is 10.4. The zero-order valence-corrected chi connectivity index (χ0v) is 4.35. The second kappa shape index (κ2) is 1.51. The summed E-state index contributed by atoms with van der Waals surface area (Å²) in [5.74, 6) is -0.0856. The molecular weight excluding hydrogens is 106 g/mol. The highest BCUT2D eigenvalue weighted by atomic mass is 16.3. The third-order valence-corrected chi connectivity index (χ3v) is 1.20. The molecule has 3 heteroatoms. The van der Waals surface area contributed by atoms with Crippen molar-refractivity contribution in [2.75, 3.05) is 0 Å². The molecule has 0 spiro atoms. The van der Waals surface area contributed by atoms with Crippen molar-refractivity contribution < 1.29 is 9.90 Å². The van der Waals surface area contributed by atoms with Gasteiger partial charge in [0.15, 0.2) is 5.78 Å². The van der Waals surface area contributed by atoms with Crippen molar-refractivity contribution in [3.8, 4) is 0 Å². The molecule has 0 saturated carbocycles. The van der Waals surface area contributed by atoms with Gasteiger partial charge in [-0.3, -0.25) is 4.79 Å². The molecule has 3 nitrogen and oxygen atoms in total. The Morgan fingerprint density at radius 3 is 2.25 bits per heavy atom. The average molecular weight is 113 g/mol. The highest BCUT2D eigenvalue weighted by molar-refractivity contribution is 5.97. The van der Waals surface area contributed by atoms with Crippen LogP contribution in [0.15, 0.2) is 11.5 Å². The quantitative estimate of drug-likeness (QED) is 0.467. The third-order valence-electron chi connectivity index (χ3n) is 1.20. The van der Waals surface area contributed by atoms with E-state index < -0.39 is 0 Å². The lowest BCUT2D eigenvalue weighted by molar-refractivity contribution is -0.114. The summed E-state index contributed by atoms with van der Waals surface area (Å²) in [6.45, 7) is 0. The largest absolute Gasteiger partial charge is 0.510 e. The van der Waals surface area contributed by atoms with E-state index in [1.807, 2.05) is 0 Å². The van der Waals surface area contributed by atoms with Gasteiger partial charge in [-0.1, -0.05) is 0 Å². The van der Waals surface area contributed by atoms with Crippen LogP contribution in [-0.2, 0) is 4.79 Å². The molecule has 0 bridgehead atoms. The molecular formula is C5H7NO2. The summed E-state index contributed by atoms with van der Waals surface area (Å²) >= 11 is 0. The molecule has 3 N–H and O–H groups in total. The first-order valence-electron chi connectivity index (χ1n) is 2.42. The molecule has 0 atom stereocenters. The van der Waals surface area contributed by atoms with Crippen molar-refractivity contribution in [2.45, 2.75) is 12.8 Å². The van der Waals surface area contributed by atoms with E-state index in [4.69, 9.17) is 10.8 Å². The molecule has 8 heavy (non-hydrogen) atoms. The Morgan fingerprint density at radius 1 is 1.50 bits per heavy atom. The van der Waals surface area contributed by atoms with Crippen LogP contribution in [0.25, 0.3) is 0 Å². The summed E-state index contributed by atoms with van der Waals surface area (Å²) in [6, 6.07) is 0. The predicted octanol–water partition coefficient (Wildman–Crippen LogP) is 0.0776. The summed E-state index contributed by atoms with van der Waals surface area (Å²) in [6.07, 6.45) is 0.794. The fourth-order valence-corrected chi connectivity index (χ4v) is 0.662. The van der Waals surface area contributed by atoms with E-state index in [-0.39, 0.29) is 17.2 Å². The minimum Gasteiger partial charge on any atom is -0.510 e. The van der Waals surface area contributed by atoms with Gasteiger partial charge >= 0.3 is 0 Å². The number of carbonyl (C=O) groups is 1. The van der Waals surface area contributed by atoms with Gasteiger partial charge in [0, 0.05) is 12.8 Å². The number of aliphatic hydroxyl groups is 1. The van der Waals surface area contributed by atoms with Gasteiger partial charge in [-0.05, 0) is 0 Å². The lowest BCUT2D eigenvalue weighted by atomic mass is 10.3. The van der Waals surface area contributed by atoms with E-state index in [9.17, 15) is 4.79 Å². The Bertz CT molecular complexity index is 160. The maximum Gasteiger partial charge on any atom is 0.182 e. The van der Waals surface area contributed by atoms with Gasteiger partial charge in [0.1, 0.15) is 11.5 Å². The third kappa shape index (κ3) is 0.559. The van der Waals surface area contributed by atoms with Crippen LogP contribution in [0, 0.1) is 0 Å². The van der Waals surface area contributed by atoms with Crippen LogP contribution in [0.2, 0.25) is 0 Å². The smallest absolute Gasteiger partial charge is 0.182 e. The van der Waals surface area contributed by atoms with Crippen molar-refractivity contribution in [1.29, 1.82) is 0 Å². The van der Waals surface area contributed by atoms with Crippen molar-refractivity contribution >= 4 is 5.78 Å². The van der Waals surface area contributed by atoms with Crippen LogP contribution in [-0.4, -0.2) is 10.9 Å². The summed E-state index contributed by atoms with van der Waals surface area (Å²) in [5.41, 5.74) is 5.15. The second-order valence-electron chi connectivity index (χ2n) is 1.78. The number of aliphatic hydroxyl groups excluding tert-OH is 1. The maximum atomic E-state index is 10.4. The number of hydrogen-bond acceptors (Lipinski definition) is 3. The predicted molar refractivity (Wildman–Crippen MR) is 28.1 cm³/mol. The van der Waals surface area contributed by atoms with Crippen LogP contribution < -0.4 is 5.73 Å². The van der Waals surface area contributed by atoms with Gasteiger partial charge in [0.25, 0.3) is 0 Å². The lowest BCUT2D eigenvalue weighted by Crippen LogP contribution is -2.06. The Morgan fingerprint density at radius 2 is 2.12 bits per heavy atom. The van der Waals surface area contributed by atoms with E-state index in [1.54, 1.807) is 0 Å². The van der Waals surface area contributed by atoms with Crippen molar-refractivity contribution in [3.05, 3.63) is 11.5 Å². The molecule has 0 fully saturated rings. The molecule has 0 aliphatic heterocycles. The van der Waals surface area contributed by atoms with E-state index >= 15 is 0 Å². The minimum atomic E-state index is -0.137. The molecule has 0 aromatic rings. The van der Waals surface area contributed by atoms with Gasteiger partial charge < -0.3 is 10.8 Å².